The van der Waals surface area contributed by atoms with Crippen molar-refractivity contribution in [2.24, 2.45) is 5.41 Å². The first-order valence-electron chi connectivity index (χ1n) is 7.23. The summed E-state index contributed by atoms with van der Waals surface area (Å²) in [4.78, 5) is 14.2. The highest BCUT2D eigenvalue weighted by Crippen LogP contribution is 2.55. The van der Waals surface area contributed by atoms with Crippen LogP contribution in [-0.2, 0) is 4.79 Å². The SMILES string of the molecule is N#CN1C2=CCC(=O)C3NC=CC=CC23C2=C1C=CCC2. The molecule has 2 atom stereocenters. The predicted molar refractivity (Wildman–Crippen MR) is 78.2 cm³/mol. The molecule has 2 aliphatic heterocycles. The molecule has 1 N–H and O–H groups in total. The molecule has 0 saturated heterocycles. The minimum absolute atomic E-state index is 0.177. The Hall–Kier alpha value is -2.54. The third-order valence-corrected chi connectivity index (χ3v) is 4.75. The Morgan fingerprint density at radius 1 is 1.43 bits per heavy atom. The molecule has 4 aliphatic rings. The van der Waals surface area contributed by atoms with E-state index in [1.54, 1.807) is 4.90 Å². The number of hydrogen-bond donors (Lipinski definition) is 1. The van der Waals surface area contributed by atoms with Crippen LogP contribution in [0.3, 0.4) is 0 Å². The third kappa shape index (κ3) is 1.41. The summed E-state index contributed by atoms with van der Waals surface area (Å²) >= 11 is 0. The van der Waals surface area contributed by atoms with E-state index in [4.69, 9.17) is 0 Å². The number of Topliss-reactive ketones (excluding diaryl/α,β-unsaturated/α-hetero) is 1. The number of nitriles is 1. The molecule has 0 saturated carbocycles. The average Bonchev–Trinajstić information content (AvgIpc) is 2.64. The van der Waals surface area contributed by atoms with Gasteiger partial charge in [0.15, 0.2) is 12.0 Å². The van der Waals surface area contributed by atoms with Gasteiger partial charge >= 0.3 is 0 Å². The van der Waals surface area contributed by atoms with Gasteiger partial charge in [-0.05, 0) is 36.8 Å². The van der Waals surface area contributed by atoms with Crippen molar-refractivity contribution in [2.45, 2.75) is 25.3 Å². The molecule has 4 heteroatoms. The molecule has 2 heterocycles. The molecule has 2 unspecified atom stereocenters. The van der Waals surface area contributed by atoms with Crippen LogP contribution in [0, 0.1) is 16.9 Å². The zero-order valence-electron chi connectivity index (χ0n) is 11.5. The Kier molecular flexibility index (Phi) is 2.46. The topological polar surface area (TPSA) is 56.1 Å². The van der Waals surface area contributed by atoms with Crippen molar-refractivity contribution >= 4 is 5.78 Å². The summed E-state index contributed by atoms with van der Waals surface area (Å²) in [6, 6.07) is -0.317. The van der Waals surface area contributed by atoms with Crippen molar-refractivity contribution in [3.8, 4) is 6.19 Å². The molecule has 0 aromatic carbocycles. The van der Waals surface area contributed by atoms with Crippen molar-refractivity contribution in [3.63, 3.8) is 0 Å². The fourth-order valence-corrected chi connectivity index (χ4v) is 3.93. The molecule has 0 amide bonds. The van der Waals surface area contributed by atoms with Crippen LogP contribution < -0.4 is 5.32 Å². The summed E-state index contributed by atoms with van der Waals surface area (Å²) in [6.07, 6.45) is 18.3. The van der Waals surface area contributed by atoms with Crippen molar-refractivity contribution in [1.82, 2.24) is 10.2 Å². The number of allylic oxidation sites excluding steroid dienone is 5. The summed E-state index contributed by atoms with van der Waals surface area (Å²) in [7, 11) is 0. The van der Waals surface area contributed by atoms with E-state index in [1.165, 1.54) is 5.57 Å². The molecule has 2 aliphatic carbocycles. The highest BCUT2D eigenvalue weighted by molar-refractivity contribution is 5.91. The second-order valence-electron chi connectivity index (χ2n) is 5.69. The van der Waals surface area contributed by atoms with Gasteiger partial charge in [-0.15, -0.1) is 0 Å². The average molecular weight is 277 g/mol. The predicted octanol–water partition coefficient (Wildman–Crippen LogP) is 2.27. The van der Waals surface area contributed by atoms with E-state index >= 15 is 0 Å². The Morgan fingerprint density at radius 3 is 3.19 bits per heavy atom. The van der Waals surface area contributed by atoms with E-state index < -0.39 is 5.41 Å². The second kappa shape index (κ2) is 4.23. The Balaban J connectivity index is 2.01. The maximum absolute atomic E-state index is 12.5. The fourth-order valence-electron chi connectivity index (χ4n) is 3.93. The minimum Gasteiger partial charge on any atom is -0.380 e. The van der Waals surface area contributed by atoms with E-state index in [0.717, 1.165) is 24.2 Å². The van der Waals surface area contributed by atoms with Crippen molar-refractivity contribution in [3.05, 3.63) is 59.6 Å². The molecule has 0 fully saturated rings. The third-order valence-electron chi connectivity index (χ3n) is 4.75. The number of rotatable bonds is 0. The van der Waals surface area contributed by atoms with Crippen LogP contribution in [0.4, 0.5) is 0 Å². The van der Waals surface area contributed by atoms with Gasteiger partial charge in [0.05, 0.1) is 11.1 Å². The van der Waals surface area contributed by atoms with Gasteiger partial charge in [0, 0.05) is 12.1 Å². The molecule has 0 radical (unpaired) electrons. The minimum atomic E-state index is -0.505. The van der Waals surface area contributed by atoms with Gasteiger partial charge in [-0.25, -0.2) is 0 Å². The quantitative estimate of drug-likeness (QED) is 0.690. The molecule has 0 aromatic rings. The highest BCUT2D eigenvalue weighted by Gasteiger charge is 2.56. The van der Waals surface area contributed by atoms with Crippen LogP contribution in [0.15, 0.2) is 59.6 Å². The zero-order chi connectivity index (χ0) is 14.4. The van der Waals surface area contributed by atoms with Crippen LogP contribution in [0.25, 0.3) is 0 Å². The Labute approximate surface area is 123 Å². The Bertz CT molecular complexity index is 717. The monoisotopic (exact) mass is 277 g/mol. The van der Waals surface area contributed by atoms with Gasteiger partial charge < -0.3 is 5.32 Å². The van der Waals surface area contributed by atoms with E-state index in [-0.39, 0.29) is 11.8 Å². The lowest BCUT2D eigenvalue weighted by Gasteiger charge is -2.40. The molecule has 21 heavy (non-hydrogen) atoms. The number of carbonyl (C=O) groups excluding carboxylic acids is 1. The number of hydrogen-bond acceptors (Lipinski definition) is 4. The van der Waals surface area contributed by atoms with Gasteiger partial charge in [0.2, 0.25) is 0 Å². The number of nitrogens with zero attached hydrogens (tertiary/aromatic N) is 2. The van der Waals surface area contributed by atoms with Gasteiger partial charge in [0.1, 0.15) is 6.04 Å². The molecule has 1 spiro atoms. The molecule has 0 bridgehead atoms. The van der Waals surface area contributed by atoms with Crippen LogP contribution in [-0.4, -0.2) is 16.7 Å². The van der Waals surface area contributed by atoms with Gasteiger partial charge in [-0.2, -0.15) is 5.26 Å². The first kappa shape index (κ1) is 12.2. The molecule has 104 valence electrons. The van der Waals surface area contributed by atoms with E-state index in [9.17, 15) is 10.1 Å². The van der Waals surface area contributed by atoms with Crippen LogP contribution in [0.1, 0.15) is 19.3 Å². The smallest absolute Gasteiger partial charge is 0.189 e. The van der Waals surface area contributed by atoms with Crippen molar-refractivity contribution in [2.75, 3.05) is 0 Å². The normalized spacial score (nSPS) is 32.7. The fraction of sp³-hybridized carbons (Fsp3) is 0.294. The summed E-state index contributed by atoms with van der Waals surface area (Å²) in [5.41, 5.74) is 2.55. The van der Waals surface area contributed by atoms with Crippen LogP contribution in [0.5, 0.6) is 0 Å². The maximum Gasteiger partial charge on any atom is 0.189 e. The summed E-state index contributed by atoms with van der Waals surface area (Å²) in [6.45, 7) is 0. The van der Waals surface area contributed by atoms with Gasteiger partial charge in [-0.1, -0.05) is 24.3 Å². The van der Waals surface area contributed by atoms with Crippen LogP contribution in [0.2, 0.25) is 0 Å². The standard InChI is InChI=1S/C17H15N3O/c18-11-20-13-6-2-1-5-12(13)17-9-3-4-10-19-16(17)14(21)7-8-15(17)20/h2-4,6,8-10,16,19H,1,5,7H2. The first-order chi connectivity index (χ1) is 10.3. The Morgan fingerprint density at radius 2 is 2.33 bits per heavy atom. The molecule has 4 nitrogen and oxygen atoms in total. The number of ketones is 1. The number of nitrogens with one attached hydrogen (secondary N) is 1. The second-order valence-corrected chi connectivity index (χ2v) is 5.69. The summed E-state index contributed by atoms with van der Waals surface area (Å²) in [5.74, 6) is 0.177. The lowest BCUT2D eigenvalue weighted by atomic mass is 9.66. The molecule has 4 rings (SSSR count). The van der Waals surface area contributed by atoms with E-state index in [2.05, 4.69) is 23.7 Å². The number of carbonyl (C=O) groups is 1. The molecular weight excluding hydrogens is 262 g/mol. The van der Waals surface area contributed by atoms with Gasteiger partial charge in [0.25, 0.3) is 0 Å². The largest absolute Gasteiger partial charge is 0.380 e. The lowest BCUT2D eigenvalue weighted by molar-refractivity contribution is -0.122. The van der Waals surface area contributed by atoms with E-state index in [0.29, 0.717) is 6.42 Å². The zero-order valence-corrected chi connectivity index (χ0v) is 11.5. The summed E-state index contributed by atoms with van der Waals surface area (Å²) < 4.78 is 0. The first-order valence-corrected chi connectivity index (χ1v) is 7.23. The van der Waals surface area contributed by atoms with Crippen molar-refractivity contribution in [1.29, 1.82) is 5.26 Å². The lowest BCUT2D eigenvalue weighted by Crippen LogP contribution is -2.51. The van der Waals surface area contributed by atoms with Gasteiger partial charge in [-0.3, -0.25) is 9.69 Å². The highest BCUT2D eigenvalue weighted by atomic mass is 16.1. The summed E-state index contributed by atoms with van der Waals surface area (Å²) in [5, 5.41) is 12.8. The molecular formula is C17H15N3O. The van der Waals surface area contributed by atoms with Crippen LogP contribution >= 0.6 is 0 Å². The van der Waals surface area contributed by atoms with E-state index in [1.807, 2.05) is 30.5 Å². The van der Waals surface area contributed by atoms with Crippen molar-refractivity contribution < 1.29 is 4.79 Å². The molecule has 0 aromatic heterocycles. The maximum atomic E-state index is 12.5.